The van der Waals surface area contributed by atoms with E-state index < -0.39 is 5.97 Å². The fraction of sp³-hybridized carbons (Fsp3) is 0.133. The van der Waals surface area contributed by atoms with Crippen molar-refractivity contribution in [2.45, 2.75) is 10.9 Å². The summed E-state index contributed by atoms with van der Waals surface area (Å²) in [6.07, 6.45) is 1.62. The van der Waals surface area contributed by atoms with Crippen LogP contribution in [0.15, 0.2) is 52.3 Å². The number of aromatic nitrogens is 3. The van der Waals surface area contributed by atoms with E-state index in [0.29, 0.717) is 21.7 Å². The number of carbonyl (C=O) groups is 1. The van der Waals surface area contributed by atoms with E-state index in [4.69, 9.17) is 16.0 Å². The lowest BCUT2D eigenvalue weighted by atomic mass is 10.3. The van der Waals surface area contributed by atoms with Crippen LogP contribution in [0.4, 0.5) is 0 Å². The van der Waals surface area contributed by atoms with Gasteiger partial charge in [-0.15, -0.1) is 10.2 Å². The quantitative estimate of drug-likeness (QED) is 0.518. The summed E-state index contributed by atoms with van der Waals surface area (Å²) >= 11 is 7.45. The number of methoxy groups -OCH3 is 1. The molecule has 0 spiro atoms. The zero-order chi connectivity index (χ0) is 16.2. The summed E-state index contributed by atoms with van der Waals surface area (Å²) in [6, 6.07) is 10.7. The van der Waals surface area contributed by atoms with Gasteiger partial charge in [0.15, 0.2) is 5.16 Å². The van der Waals surface area contributed by atoms with Crippen molar-refractivity contribution in [1.29, 1.82) is 0 Å². The molecule has 0 radical (unpaired) electrons. The van der Waals surface area contributed by atoms with Gasteiger partial charge in [0.1, 0.15) is 12.1 Å². The van der Waals surface area contributed by atoms with Gasteiger partial charge in [0.2, 0.25) is 5.76 Å². The Labute approximate surface area is 141 Å². The van der Waals surface area contributed by atoms with E-state index in [9.17, 15) is 4.79 Å². The first kappa shape index (κ1) is 15.6. The second-order valence-corrected chi connectivity index (χ2v) is 5.89. The minimum Gasteiger partial charge on any atom is -0.463 e. The number of halogens is 1. The molecular formula is C15H12ClN3O3S. The highest BCUT2D eigenvalue weighted by Gasteiger charge is 2.13. The van der Waals surface area contributed by atoms with Crippen LogP contribution in [0.1, 0.15) is 16.3 Å². The first-order valence-electron chi connectivity index (χ1n) is 6.63. The van der Waals surface area contributed by atoms with Gasteiger partial charge in [-0.1, -0.05) is 29.4 Å². The molecule has 6 nitrogen and oxygen atoms in total. The molecule has 0 N–H and O–H groups in total. The zero-order valence-corrected chi connectivity index (χ0v) is 13.7. The number of benzene rings is 1. The number of carbonyl (C=O) groups excluding carboxylic acids is 1. The zero-order valence-electron chi connectivity index (χ0n) is 12.1. The summed E-state index contributed by atoms with van der Waals surface area (Å²) < 4.78 is 11.9. The molecule has 2 heterocycles. The van der Waals surface area contributed by atoms with Crippen LogP contribution in [0.5, 0.6) is 0 Å². The van der Waals surface area contributed by atoms with E-state index in [1.807, 2.05) is 22.8 Å². The van der Waals surface area contributed by atoms with Gasteiger partial charge in [-0.2, -0.15) is 0 Å². The monoisotopic (exact) mass is 349 g/mol. The smallest absolute Gasteiger partial charge is 0.373 e. The number of ether oxygens (including phenoxy) is 1. The third-order valence-electron chi connectivity index (χ3n) is 2.99. The maximum Gasteiger partial charge on any atom is 0.373 e. The molecular weight excluding hydrogens is 338 g/mol. The highest BCUT2D eigenvalue weighted by molar-refractivity contribution is 7.98. The van der Waals surface area contributed by atoms with Crippen LogP contribution in [-0.2, 0) is 10.5 Å². The van der Waals surface area contributed by atoms with Crippen LogP contribution >= 0.6 is 23.4 Å². The molecule has 0 amide bonds. The van der Waals surface area contributed by atoms with Crippen molar-refractivity contribution in [2.75, 3.05) is 7.11 Å². The molecule has 0 saturated carbocycles. The predicted octanol–water partition coefficient (Wildman–Crippen LogP) is 3.59. The van der Waals surface area contributed by atoms with Gasteiger partial charge >= 0.3 is 5.97 Å². The Kier molecular flexibility index (Phi) is 4.68. The van der Waals surface area contributed by atoms with Crippen LogP contribution in [-0.4, -0.2) is 27.8 Å². The van der Waals surface area contributed by atoms with Gasteiger partial charge in [0, 0.05) is 5.02 Å². The van der Waals surface area contributed by atoms with Gasteiger partial charge < -0.3 is 9.15 Å². The van der Waals surface area contributed by atoms with Crippen LogP contribution in [0, 0.1) is 0 Å². The molecule has 2 aromatic heterocycles. The molecule has 8 heteroatoms. The SMILES string of the molecule is COC(=O)c1ccc(CSc2nncn2-c2cccc(Cl)c2)o1. The molecule has 23 heavy (non-hydrogen) atoms. The number of rotatable bonds is 5. The molecule has 0 unspecified atom stereocenters. The average Bonchev–Trinajstić information content (AvgIpc) is 3.21. The summed E-state index contributed by atoms with van der Waals surface area (Å²) in [5, 5.41) is 9.36. The van der Waals surface area contributed by atoms with Crippen molar-refractivity contribution in [1.82, 2.24) is 14.8 Å². The van der Waals surface area contributed by atoms with Crippen molar-refractivity contribution in [3.8, 4) is 5.69 Å². The van der Waals surface area contributed by atoms with Gasteiger partial charge in [-0.05, 0) is 30.3 Å². The van der Waals surface area contributed by atoms with Gasteiger partial charge in [0.05, 0.1) is 18.6 Å². The standard InChI is InChI=1S/C15H12ClN3O3S/c1-21-14(20)13-6-5-12(22-13)8-23-15-18-17-9-19(15)11-4-2-3-10(16)7-11/h2-7,9H,8H2,1H3. The van der Waals surface area contributed by atoms with Crippen molar-refractivity contribution in [3.63, 3.8) is 0 Å². The van der Waals surface area contributed by atoms with Gasteiger partial charge in [0.25, 0.3) is 0 Å². The van der Waals surface area contributed by atoms with Crippen LogP contribution in [0.3, 0.4) is 0 Å². The van der Waals surface area contributed by atoms with E-state index in [1.165, 1.54) is 18.9 Å². The number of esters is 1. The van der Waals surface area contributed by atoms with E-state index in [0.717, 1.165) is 5.69 Å². The fourth-order valence-corrected chi connectivity index (χ4v) is 2.93. The van der Waals surface area contributed by atoms with E-state index in [-0.39, 0.29) is 5.76 Å². The fourth-order valence-electron chi connectivity index (χ4n) is 1.93. The third-order valence-corrected chi connectivity index (χ3v) is 4.20. The van der Waals surface area contributed by atoms with Gasteiger partial charge in [-0.3, -0.25) is 4.57 Å². The molecule has 118 valence electrons. The molecule has 0 aliphatic rings. The number of nitrogens with zero attached hydrogens (tertiary/aromatic N) is 3. The lowest BCUT2D eigenvalue weighted by Gasteiger charge is -2.05. The molecule has 3 rings (SSSR count). The number of furan rings is 1. The van der Waals surface area contributed by atoms with Crippen molar-refractivity contribution in [2.24, 2.45) is 0 Å². The van der Waals surface area contributed by atoms with Crippen molar-refractivity contribution < 1.29 is 13.9 Å². The first-order valence-corrected chi connectivity index (χ1v) is 7.99. The van der Waals surface area contributed by atoms with E-state index in [2.05, 4.69) is 14.9 Å². The summed E-state index contributed by atoms with van der Waals surface area (Å²) in [7, 11) is 1.31. The van der Waals surface area contributed by atoms with Crippen LogP contribution in [0.2, 0.25) is 5.02 Å². The maximum absolute atomic E-state index is 11.4. The molecule has 3 aromatic rings. The van der Waals surface area contributed by atoms with Crippen molar-refractivity contribution >= 4 is 29.3 Å². The minimum absolute atomic E-state index is 0.180. The molecule has 0 bridgehead atoms. The lowest BCUT2D eigenvalue weighted by molar-refractivity contribution is 0.0563. The average molecular weight is 350 g/mol. The second kappa shape index (κ2) is 6.89. The maximum atomic E-state index is 11.4. The highest BCUT2D eigenvalue weighted by Crippen LogP contribution is 2.25. The first-order chi connectivity index (χ1) is 11.2. The Morgan fingerprint density at radius 2 is 2.26 bits per heavy atom. The molecule has 0 aliphatic carbocycles. The van der Waals surface area contributed by atoms with E-state index >= 15 is 0 Å². The normalized spacial score (nSPS) is 10.7. The third kappa shape index (κ3) is 3.57. The largest absolute Gasteiger partial charge is 0.463 e. The Hall–Kier alpha value is -2.25. The number of hydrogen-bond donors (Lipinski definition) is 0. The Balaban J connectivity index is 1.73. The molecule has 1 aromatic carbocycles. The summed E-state index contributed by atoms with van der Waals surface area (Å²) in [6.45, 7) is 0. The lowest BCUT2D eigenvalue weighted by Crippen LogP contribution is -1.98. The van der Waals surface area contributed by atoms with E-state index in [1.54, 1.807) is 24.5 Å². The highest BCUT2D eigenvalue weighted by atomic mass is 35.5. The summed E-state index contributed by atoms with van der Waals surface area (Å²) in [4.78, 5) is 11.4. The van der Waals surface area contributed by atoms with Crippen LogP contribution in [0.25, 0.3) is 5.69 Å². The Morgan fingerprint density at radius 3 is 3.04 bits per heavy atom. The summed E-state index contributed by atoms with van der Waals surface area (Å²) in [5.74, 6) is 0.842. The predicted molar refractivity (Wildman–Crippen MR) is 86.0 cm³/mol. The Bertz CT molecular complexity index is 831. The van der Waals surface area contributed by atoms with Crippen LogP contribution < -0.4 is 0 Å². The van der Waals surface area contributed by atoms with Gasteiger partial charge in [-0.25, -0.2) is 4.79 Å². The second-order valence-electron chi connectivity index (χ2n) is 4.51. The molecule has 0 aliphatic heterocycles. The minimum atomic E-state index is -0.497. The summed E-state index contributed by atoms with van der Waals surface area (Å²) in [5.41, 5.74) is 0.875. The molecule has 0 saturated heterocycles. The Morgan fingerprint density at radius 1 is 1.39 bits per heavy atom. The topological polar surface area (TPSA) is 70.2 Å². The number of hydrogen-bond acceptors (Lipinski definition) is 6. The van der Waals surface area contributed by atoms with Crippen molar-refractivity contribution in [3.05, 3.63) is 59.3 Å². The molecule has 0 atom stereocenters. The molecule has 0 fully saturated rings. The number of thioether (sulfide) groups is 1.